The minimum atomic E-state index is 0.196. The van der Waals surface area contributed by atoms with Crippen molar-refractivity contribution in [3.63, 3.8) is 0 Å². The number of halogens is 1. The number of anilines is 1. The number of phenols is 1. The molecule has 0 aliphatic rings. The summed E-state index contributed by atoms with van der Waals surface area (Å²) in [5, 5.41) is 10.1. The zero-order valence-electron chi connectivity index (χ0n) is 8.66. The molecule has 1 aromatic heterocycles. The Morgan fingerprint density at radius 2 is 1.93 bits per heavy atom. The van der Waals surface area contributed by atoms with Crippen molar-refractivity contribution < 1.29 is 5.11 Å². The summed E-state index contributed by atoms with van der Waals surface area (Å²) in [5.74, 6) is 0.625. The molecule has 0 saturated heterocycles. The van der Waals surface area contributed by atoms with Crippen LogP contribution >= 0.6 is 15.9 Å². The fraction of sp³-hybridized carbons (Fsp3) is 0.182. The van der Waals surface area contributed by atoms with Crippen molar-refractivity contribution >= 4 is 32.7 Å². The average molecular weight is 269 g/mol. The van der Waals surface area contributed by atoms with E-state index >= 15 is 0 Å². The van der Waals surface area contributed by atoms with E-state index in [1.165, 1.54) is 0 Å². The summed E-state index contributed by atoms with van der Waals surface area (Å²) >= 11 is 3.28. The Labute approximate surface area is 97.1 Å². The van der Waals surface area contributed by atoms with E-state index in [2.05, 4.69) is 20.9 Å². The molecule has 0 fully saturated rings. The summed E-state index contributed by atoms with van der Waals surface area (Å²) < 4.78 is 0.769. The number of phenolic OH excluding ortho intramolecular Hbond substituents is 1. The summed E-state index contributed by atoms with van der Waals surface area (Å²) in [4.78, 5) is 4.11. The number of pyridine rings is 1. The van der Waals surface area contributed by atoms with Crippen LogP contribution in [-0.2, 0) is 0 Å². The van der Waals surface area contributed by atoms with E-state index in [4.69, 9.17) is 5.73 Å². The third kappa shape index (κ3) is 2.59. The molecule has 80 valence electrons. The van der Waals surface area contributed by atoms with E-state index in [-0.39, 0.29) is 5.75 Å². The minimum Gasteiger partial charge on any atom is -0.508 e. The highest BCUT2D eigenvalue weighted by molar-refractivity contribution is 9.10. The van der Waals surface area contributed by atoms with E-state index in [9.17, 15) is 5.11 Å². The standard InChI is InChI=1S/C9H7BrN2O.C2H6/c10-7-3-5-1-2-6(13)4-8(5)12-9(7)11;1-2/h1-4,13H,(H2,11,12);1-2H3. The van der Waals surface area contributed by atoms with Gasteiger partial charge in [-0.15, -0.1) is 0 Å². The lowest BCUT2D eigenvalue weighted by Crippen LogP contribution is -1.91. The molecule has 15 heavy (non-hydrogen) atoms. The van der Waals surface area contributed by atoms with Crippen molar-refractivity contribution in [1.82, 2.24) is 4.98 Å². The molecular weight excluding hydrogens is 256 g/mol. The number of aromatic hydroxyl groups is 1. The molecular formula is C11H13BrN2O. The topological polar surface area (TPSA) is 59.1 Å². The van der Waals surface area contributed by atoms with Gasteiger partial charge in [0.25, 0.3) is 0 Å². The highest BCUT2D eigenvalue weighted by Crippen LogP contribution is 2.25. The predicted octanol–water partition coefficient (Wildman–Crippen LogP) is 3.31. The molecule has 0 amide bonds. The number of hydrogen-bond donors (Lipinski definition) is 2. The Kier molecular flexibility index (Phi) is 3.91. The lowest BCUT2D eigenvalue weighted by Gasteiger charge is -2.01. The summed E-state index contributed by atoms with van der Waals surface area (Å²) in [6.07, 6.45) is 0. The van der Waals surface area contributed by atoms with Crippen LogP contribution in [0.1, 0.15) is 13.8 Å². The lowest BCUT2D eigenvalue weighted by molar-refractivity contribution is 0.476. The van der Waals surface area contributed by atoms with Gasteiger partial charge in [0.15, 0.2) is 0 Å². The van der Waals surface area contributed by atoms with Crippen molar-refractivity contribution in [2.24, 2.45) is 0 Å². The van der Waals surface area contributed by atoms with Gasteiger partial charge < -0.3 is 10.8 Å². The van der Waals surface area contributed by atoms with Crippen LogP contribution in [0.15, 0.2) is 28.7 Å². The van der Waals surface area contributed by atoms with Crippen LogP contribution in [0.3, 0.4) is 0 Å². The molecule has 0 bridgehead atoms. The Bertz CT molecular complexity index is 471. The molecule has 3 N–H and O–H groups in total. The number of nitrogens with zero attached hydrogens (tertiary/aromatic N) is 1. The zero-order valence-corrected chi connectivity index (χ0v) is 10.2. The average Bonchev–Trinajstić information content (AvgIpc) is 2.23. The molecule has 3 nitrogen and oxygen atoms in total. The second-order valence-corrected chi connectivity index (χ2v) is 3.59. The van der Waals surface area contributed by atoms with Gasteiger partial charge in [0.2, 0.25) is 0 Å². The number of fused-ring (bicyclic) bond motifs is 1. The third-order valence-electron chi connectivity index (χ3n) is 1.78. The number of hydrogen-bond acceptors (Lipinski definition) is 3. The van der Waals surface area contributed by atoms with E-state index in [1.807, 2.05) is 19.9 Å². The molecule has 0 aliphatic heterocycles. The van der Waals surface area contributed by atoms with Gasteiger partial charge in [0, 0.05) is 11.5 Å². The van der Waals surface area contributed by atoms with Crippen molar-refractivity contribution in [2.75, 3.05) is 5.73 Å². The number of aromatic nitrogens is 1. The Balaban J connectivity index is 0.000000531. The largest absolute Gasteiger partial charge is 0.508 e. The molecule has 1 aromatic carbocycles. The first-order valence-corrected chi connectivity index (χ1v) is 5.51. The lowest BCUT2D eigenvalue weighted by atomic mass is 10.2. The first kappa shape index (κ1) is 11.8. The molecule has 2 rings (SSSR count). The summed E-state index contributed by atoms with van der Waals surface area (Å²) in [7, 11) is 0. The summed E-state index contributed by atoms with van der Waals surface area (Å²) in [6.45, 7) is 4.00. The van der Waals surface area contributed by atoms with Crippen LogP contribution in [0.4, 0.5) is 5.82 Å². The molecule has 0 radical (unpaired) electrons. The number of benzene rings is 1. The van der Waals surface area contributed by atoms with E-state index in [0.29, 0.717) is 11.3 Å². The minimum absolute atomic E-state index is 0.196. The molecule has 0 unspecified atom stereocenters. The van der Waals surface area contributed by atoms with Gasteiger partial charge in [-0.1, -0.05) is 13.8 Å². The summed E-state index contributed by atoms with van der Waals surface area (Å²) in [6, 6.07) is 6.86. The fourth-order valence-corrected chi connectivity index (χ4v) is 1.48. The second kappa shape index (κ2) is 4.98. The smallest absolute Gasteiger partial charge is 0.138 e. The third-order valence-corrected chi connectivity index (χ3v) is 2.42. The first-order valence-electron chi connectivity index (χ1n) is 4.71. The molecule has 0 saturated carbocycles. The van der Waals surface area contributed by atoms with Crippen molar-refractivity contribution in [1.29, 1.82) is 0 Å². The highest BCUT2D eigenvalue weighted by Gasteiger charge is 2.01. The molecule has 2 aromatic rings. The maximum absolute atomic E-state index is 9.20. The monoisotopic (exact) mass is 268 g/mol. The van der Waals surface area contributed by atoms with Crippen LogP contribution in [-0.4, -0.2) is 10.1 Å². The highest BCUT2D eigenvalue weighted by atomic mass is 79.9. The molecule has 1 heterocycles. The normalized spacial score (nSPS) is 9.53. The maximum atomic E-state index is 9.20. The quantitative estimate of drug-likeness (QED) is 0.771. The first-order chi connectivity index (χ1) is 7.16. The van der Waals surface area contributed by atoms with E-state index in [1.54, 1.807) is 18.2 Å². The summed E-state index contributed by atoms with van der Waals surface area (Å²) in [5.41, 5.74) is 6.29. The fourth-order valence-electron chi connectivity index (χ4n) is 1.14. The second-order valence-electron chi connectivity index (χ2n) is 2.73. The number of nitrogens with two attached hydrogens (primary N) is 1. The maximum Gasteiger partial charge on any atom is 0.138 e. The van der Waals surface area contributed by atoms with Crippen LogP contribution in [0.5, 0.6) is 5.75 Å². The number of rotatable bonds is 0. The van der Waals surface area contributed by atoms with Gasteiger partial charge in [-0.25, -0.2) is 4.98 Å². The van der Waals surface area contributed by atoms with E-state index < -0.39 is 0 Å². The zero-order chi connectivity index (χ0) is 11.4. The van der Waals surface area contributed by atoms with Crippen LogP contribution < -0.4 is 5.73 Å². The van der Waals surface area contributed by atoms with Crippen molar-refractivity contribution in [3.05, 3.63) is 28.7 Å². The van der Waals surface area contributed by atoms with Gasteiger partial charge >= 0.3 is 0 Å². The van der Waals surface area contributed by atoms with Crippen LogP contribution in [0, 0.1) is 0 Å². The predicted molar refractivity (Wildman–Crippen MR) is 66.9 cm³/mol. The van der Waals surface area contributed by atoms with E-state index in [0.717, 1.165) is 9.86 Å². The Morgan fingerprint density at radius 1 is 1.27 bits per heavy atom. The van der Waals surface area contributed by atoms with Gasteiger partial charge in [0.1, 0.15) is 11.6 Å². The molecule has 0 aliphatic carbocycles. The molecule has 0 spiro atoms. The number of nitrogen functional groups attached to an aromatic ring is 1. The van der Waals surface area contributed by atoms with Gasteiger partial charge in [-0.2, -0.15) is 0 Å². The van der Waals surface area contributed by atoms with Gasteiger partial charge in [0.05, 0.1) is 9.99 Å². The van der Waals surface area contributed by atoms with Crippen LogP contribution in [0.25, 0.3) is 10.9 Å². The van der Waals surface area contributed by atoms with Crippen molar-refractivity contribution in [2.45, 2.75) is 13.8 Å². The van der Waals surface area contributed by atoms with Gasteiger partial charge in [-0.05, 0) is 34.1 Å². The van der Waals surface area contributed by atoms with Crippen LogP contribution in [0.2, 0.25) is 0 Å². The SMILES string of the molecule is CC.Nc1nc2cc(O)ccc2cc1Br. The Hall–Kier alpha value is -1.29. The molecule has 4 heteroatoms. The van der Waals surface area contributed by atoms with Crippen molar-refractivity contribution in [3.8, 4) is 5.75 Å². The Morgan fingerprint density at radius 3 is 2.60 bits per heavy atom. The van der Waals surface area contributed by atoms with Gasteiger partial charge in [-0.3, -0.25) is 0 Å². The molecule has 0 atom stereocenters.